The molecule has 5 nitrogen and oxygen atoms in total. The number of hydrogen-bond acceptors (Lipinski definition) is 3. The molecule has 0 aliphatic rings. The van der Waals surface area contributed by atoms with Gasteiger partial charge in [0, 0.05) is 34.7 Å². The summed E-state index contributed by atoms with van der Waals surface area (Å²) >= 11 is 0. The van der Waals surface area contributed by atoms with Crippen LogP contribution in [0.15, 0.2) is 18.2 Å². The third kappa shape index (κ3) is 2.77. The molecule has 1 heterocycles. The Morgan fingerprint density at radius 2 is 2.21 bits per heavy atom. The first-order chi connectivity index (χ1) is 9.02. The topological polar surface area (TPSA) is 91.1 Å². The van der Waals surface area contributed by atoms with E-state index < -0.39 is 6.04 Å². The number of nitrogens with two attached hydrogens (primary N) is 1. The van der Waals surface area contributed by atoms with Crippen LogP contribution < -0.4 is 11.1 Å². The molecule has 1 aromatic carbocycles. The molecule has 19 heavy (non-hydrogen) atoms. The van der Waals surface area contributed by atoms with E-state index in [4.69, 9.17) is 10.8 Å². The zero-order valence-electron chi connectivity index (χ0n) is 11.2. The first kappa shape index (κ1) is 13.6. The van der Waals surface area contributed by atoms with Crippen LogP contribution in [0.2, 0.25) is 0 Å². The van der Waals surface area contributed by atoms with E-state index in [0.29, 0.717) is 5.56 Å². The normalized spacial score (nSPS) is 12.6. The number of carbonyl (C=O) groups excluding carboxylic acids is 1. The minimum absolute atomic E-state index is 0.143. The number of aryl methyl sites for hydroxylation is 2. The summed E-state index contributed by atoms with van der Waals surface area (Å²) in [4.78, 5) is 15.2. The Bertz CT molecular complexity index is 604. The molecule has 0 saturated heterocycles. The fourth-order valence-electron chi connectivity index (χ4n) is 1.99. The maximum atomic E-state index is 12.0. The van der Waals surface area contributed by atoms with Gasteiger partial charge in [0.2, 0.25) is 0 Å². The average molecular weight is 261 g/mol. The lowest BCUT2D eigenvalue weighted by Gasteiger charge is -2.09. The van der Waals surface area contributed by atoms with Crippen LogP contribution >= 0.6 is 0 Å². The summed E-state index contributed by atoms with van der Waals surface area (Å²) < 4.78 is 0. The van der Waals surface area contributed by atoms with E-state index in [1.165, 1.54) is 0 Å². The highest BCUT2D eigenvalue weighted by atomic mass is 16.3. The van der Waals surface area contributed by atoms with Crippen LogP contribution in [0.1, 0.15) is 21.6 Å². The van der Waals surface area contributed by atoms with Gasteiger partial charge in [-0.1, -0.05) is 0 Å². The Balaban J connectivity index is 2.20. The number of fused-ring (bicyclic) bond motifs is 1. The van der Waals surface area contributed by atoms with Gasteiger partial charge in [0.05, 0.1) is 6.61 Å². The molecule has 5 heteroatoms. The number of carbonyl (C=O) groups is 1. The maximum absolute atomic E-state index is 12.0. The molecule has 0 spiro atoms. The van der Waals surface area contributed by atoms with Crippen molar-refractivity contribution in [1.29, 1.82) is 0 Å². The molecular weight excluding hydrogens is 242 g/mol. The van der Waals surface area contributed by atoms with Crippen LogP contribution in [0.4, 0.5) is 0 Å². The highest BCUT2D eigenvalue weighted by molar-refractivity contribution is 5.99. The lowest BCUT2D eigenvalue weighted by molar-refractivity contribution is 0.0948. The summed E-state index contributed by atoms with van der Waals surface area (Å²) in [6.07, 6.45) is 0. The third-order valence-electron chi connectivity index (χ3n) is 3.33. The van der Waals surface area contributed by atoms with E-state index in [1.54, 1.807) is 6.07 Å². The number of aromatic amines is 1. The summed E-state index contributed by atoms with van der Waals surface area (Å²) in [6, 6.07) is 5.12. The SMILES string of the molecule is Cc1[nH]c2ccc(C(=O)NCC(N)CO)cc2c1C. The van der Waals surface area contributed by atoms with Crippen molar-refractivity contribution in [3.05, 3.63) is 35.0 Å². The quantitative estimate of drug-likeness (QED) is 0.657. The molecule has 1 amide bonds. The summed E-state index contributed by atoms with van der Waals surface area (Å²) in [5.74, 6) is -0.177. The van der Waals surface area contributed by atoms with Crippen LogP contribution in [0, 0.1) is 13.8 Å². The number of rotatable bonds is 4. The van der Waals surface area contributed by atoms with Crippen LogP contribution in [0.5, 0.6) is 0 Å². The Hall–Kier alpha value is -1.85. The van der Waals surface area contributed by atoms with Gasteiger partial charge in [-0.3, -0.25) is 4.79 Å². The van der Waals surface area contributed by atoms with Gasteiger partial charge in [0.25, 0.3) is 5.91 Å². The van der Waals surface area contributed by atoms with Gasteiger partial charge in [0.1, 0.15) is 0 Å². The Morgan fingerprint density at radius 1 is 1.47 bits per heavy atom. The van der Waals surface area contributed by atoms with Gasteiger partial charge in [-0.05, 0) is 37.6 Å². The summed E-state index contributed by atoms with van der Waals surface area (Å²) in [5.41, 5.74) is 9.43. The van der Waals surface area contributed by atoms with E-state index in [0.717, 1.165) is 22.2 Å². The van der Waals surface area contributed by atoms with E-state index in [2.05, 4.69) is 10.3 Å². The van der Waals surface area contributed by atoms with Crippen molar-refractivity contribution in [2.24, 2.45) is 5.73 Å². The number of nitrogens with one attached hydrogen (secondary N) is 2. The molecule has 0 fully saturated rings. The first-order valence-corrected chi connectivity index (χ1v) is 6.26. The number of aliphatic hydroxyl groups is 1. The molecule has 2 rings (SSSR count). The Morgan fingerprint density at radius 3 is 2.89 bits per heavy atom. The first-order valence-electron chi connectivity index (χ1n) is 6.26. The van der Waals surface area contributed by atoms with Gasteiger partial charge in [-0.25, -0.2) is 0 Å². The predicted octanol–water partition coefficient (Wildman–Crippen LogP) is 0.834. The second-order valence-electron chi connectivity index (χ2n) is 4.79. The van der Waals surface area contributed by atoms with E-state index in [1.807, 2.05) is 26.0 Å². The van der Waals surface area contributed by atoms with E-state index >= 15 is 0 Å². The van der Waals surface area contributed by atoms with Gasteiger partial charge in [0.15, 0.2) is 0 Å². The van der Waals surface area contributed by atoms with Crippen molar-refractivity contribution in [3.63, 3.8) is 0 Å². The fraction of sp³-hybridized carbons (Fsp3) is 0.357. The maximum Gasteiger partial charge on any atom is 0.251 e. The average Bonchev–Trinajstić information content (AvgIpc) is 2.70. The van der Waals surface area contributed by atoms with Crippen molar-refractivity contribution in [3.8, 4) is 0 Å². The highest BCUT2D eigenvalue weighted by Gasteiger charge is 2.10. The highest BCUT2D eigenvalue weighted by Crippen LogP contribution is 2.22. The summed E-state index contributed by atoms with van der Waals surface area (Å²) in [5, 5.41) is 12.6. The zero-order chi connectivity index (χ0) is 14.0. The molecule has 1 unspecified atom stereocenters. The molecule has 1 atom stereocenters. The monoisotopic (exact) mass is 261 g/mol. The van der Waals surface area contributed by atoms with Gasteiger partial charge >= 0.3 is 0 Å². The molecule has 0 radical (unpaired) electrons. The molecular formula is C14H19N3O2. The van der Waals surface area contributed by atoms with Crippen molar-refractivity contribution < 1.29 is 9.90 Å². The lowest BCUT2D eigenvalue weighted by atomic mass is 10.1. The third-order valence-corrected chi connectivity index (χ3v) is 3.33. The zero-order valence-corrected chi connectivity index (χ0v) is 11.2. The fourth-order valence-corrected chi connectivity index (χ4v) is 1.99. The van der Waals surface area contributed by atoms with Crippen molar-refractivity contribution in [2.75, 3.05) is 13.2 Å². The minimum Gasteiger partial charge on any atom is -0.395 e. The molecule has 102 valence electrons. The van der Waals surface area contributed by atoms with Crippen LogP contribution in [0.25, 0.3) is 10.9 Å². The molecule has 0 aliphatic heterocycles. The van der Waals surface area contributed by atoms with Crippen molar-refractivity contribution in [1.82, 2.24) is 10.3 Å². The second-order valence-corrected chi connectivity index (χ2v) is 4.79. The van der Waals surface area contributed by atoms with Crippen LogP contribution in [-0.2, 0) is 0 Å². The number of amides is 1. The largest absolute Gasteiger partial charge is 0.395 e. The predicted molar refractivity (Wildman–Crippen MR) is 75.2 cm³/mol. The molecule has 5 N–H and O–H groups in total. The number of benzene rings is 1. The van der Waals surface area contributed by atoms with Gasteiger partial charge < -0.3 is 21.1 Å². The minimum atomic E-state index is -0.427. The van der Waals surface area contributed by atoms with Gasteiger partial charge in [-0.2, -0.15) is 0 Å². The molecule has 0 saturated carbocycles. The lowest BCUT2D eigenvalue weighted by Crippen LogP contribution is -2.39. The van der Waals surface area contributed by atoms with Crippen LogP contribution in [0.3, 0.4) is 0 Å². The van der Waals surface area contributed by atoms with Crippen LogP contribution in [-0.4, -0.2) is 35.2 Å². The summed E-state index contributed by atoms with van der Waals surface area (Å²) in [7, 11) is 0. The van der Waals surface area contributed by atoms with Crippen molar-refractivity contribution >= 4 is 16.8 Å². The van der Waals surface area contributed by atoms with E-state index in [-0.39, 0.29) is 19.1 Å². The molecule has 0 bridgehead atoms. The Kier molecular flexibility index (Phi) is 3.87. The van der Waals surface area contributed by atoms with Crippen molar-refractivity contribution in [2.45, 2.75) is 19.9 Å². The summed E-state index contributed by atoms with van der Waals surface area (Å²) in [6.45, 7) is 4.15. The Labute approximate surface area is 111 Å². The smallest absolute Gasteiger partial charge is 0.251 e. The number of aromatic nitrogens is 1. The standard InChI is InChI=1S/C14H19N3O2/c1-8-9(2)17-13-4-3-10(5-12(8)13)14(19)16-6-11(15)7-18/h3-5,11,17-18H,6-7,15H2,1-2H3,(H,16,19). The number of H-pyrrole nitrogens is 1. The number of hydrogen-bond donors (Lipinski definition) is 4. The second kappa shape index (κ2) is 5.42. The number of aliphatic hydroxyl groups excluding tert-OH is 1. The van der Waals surface area contributed by atoms with Gasteiger partial charge in [-0.15, -0.1) is 0 Å². The molecule has 0 aliphatic carbocycles. The molecule has 2 aromatic rings. The molecule has 1 aromatic heterocycles. The van der Waals surface area contributed by atoms with E-state index in [9.17, 15) is 4.79 Å².